The highest BCUT2D eigenvalue weighted by atomic mass is 16.6. The van der Waals surface area contributed by atoms with E-state index in [1.807, 2.05) is 11.1 Å². The first-order chi connectivity index (χ1) is 15.2. The molecule has 0 bridgehead atoms. The first kappa shape index (κ1) is 20.3. The molecule has 0 radical (unpaired) electrons. The topological polar surface area (TPSA) is 96.9 Å². The molecule has 3 heterocycles. The molecule has 0 saturated heterocycles. The Morgan fingerprint density at radius 1 is 1.23 bits per heavy atom. The van der Waals surface area contributed by atoms with Crippen molar-refractivity contribution >= 4 is 11.7 Å². The Balaban J connectivity index is 1.69. The number of unbranched alkanes of at least 4 members (excludes halogenated alkanes) is 3. The highest BCUT2D eigenvalue weighted by Crippen LogP contribution is 2.37. The fourth-order valence-corrected chi connectivity index (χ4v) is 3.40. The molecule has 0 spiro atoms. The smallest absolute Gasteiger partial charge is 0.342 e. The second kappa shape index (κ2) is 9.22. The van der Waals surface area contributed by atoms with Gasteiger partial charge in [-0.05, 0) is 43.2 Å². The number of cyclic esters (lactones) is 1. The highest BCUT2D eigenvalue weighted by Gasteiger charge is 2.34. The van der Waals surface area contributed by atoms with E-state index in [4.69, 9.17) is 4.74 Å². The Labute approximate surface area is 180 Å². The average Bonchev–Trinajstić information content (AvgIpc) is 3.35. The predicted octanol–water partition coefficient (Wildman–Crippen LogP) is 4.30. The van der Waals surface area contributed by atoms with Crippen molar-refractivity contribution in [2.24, 2.45) is 0 Å². The largest absolute Gasteiger partial charge is 0.431 e. The van der Waals surface area contributed by atoms with E-state index in [0.717, 1.165) is 25.7 Å². The minimum Gasteiger partial charge on any atom is -0.431 e. The monoisotopic (exact) mass is 414 g/mol. The number of nitriles is 1. The Morgan fingerprint density at radius 2 is 2.13 bits per heavy atom. The van der Waals surface area contributed by atoms with Gasteiger partial charge in [-0.3, -0.25) is 4.57 Å². The number of hydrogen-bond acceptors (Lipinski definition) is 7. The molecule has 0 amide bonds. The van der Waals surface area contributed by atoms with Gasteiger partial charge in [-0.1, -0.05) is 25.8 Å². The lowest BCUT2D eigenvalue weighted by molar-refractivity contribution is 0.0262. The van der Waals surface area contributed by atoms with Crippen molar-refractivity contribution in [3.05, 3.63) is 78.1 Å². The third-order valence-corrected chi connectivity index (χ3v) is 5.03. The van der Waals surface area contributed by atoms with Gasteiger partial charge in [-0.2, -0.15) is 5.26 Å². The fraction of sp³-hybridized carbons (Fsp3) is 0.261. The molecule has 3 aromatic rings. The quantitative estimate of drug-likeness (QED) is 0.420. The number of anilines is 1. The summed E-state index contributed by atoms with van der Waals surface area (Å²) < 4.78 is 7.46. The maximum Gasteiger partial charge on any atom is 0.342 e. The summed E-state index contributed by atoms with van der Waals surface area (Å²) in [6.45, 7) is 2.16. The molecule has 1 aromatic carbocycles. The van der Waals surface area contributed by atoms with Crippen LogP contribution in [0.3, 0.4) is 0 Å². The van der Waals surface area contributed by atoms with E-state index < -0.39 is 12.2 Å². The summed E-state index contributed by atoms with van der Waals surface area (Å²) in [6.07, 6.45) is 12.5. The van der Waals surface area contributed by atoms with E-state index >= 15 is 0 Å². The minimum atomic E-state index is -0.777. The maximum atomic E-state index is 12.7. The number of benzene rings is 1. The summed E-state index contributed by atoms with van der Waals surface area (Å²) in [6, 6.07) is 10.6. The molecule has 8 heteroatoms. The Morgan fingerprint density at radius 3 is 2.84 bits per heavy atom. The van der Waals surface area contributed by atoms with Crippen molar-refractivity contribution in [2.75, 3.05) is 4.90 Å². The third kappa shape index (κ3) is 4.31. The maximum absolute atomic E-state index is 12.7. The van der Waals surface area contributed by atoms with E-state index in [1.165, 1.54) is 0 Å². The van der Waals surface area contributed by atoms with Crippen LogP contribution in [-0.2, 0) is 4.74 Å². The molecule has 4 rings (SSSR count). The summed E-state index contributed by atoms with van der Waals surface area (Å²) >= 11 is 0. The summed E-state index contributed by atoms with van der Waals surface area (Å²) in [5.74, 6) is 0.151. The van der Waals surface area contributed by atoms with E-state index in [1.54, 1.807) is 53.6 Å². The highest BCUT2D eigenvalue weighted by molar-refractivity contribution is 5.98. The van der Waals surface area contributed by atoms with Gasteiger partial charge in [0.05, 0.1) is 22.9 Å². The lowest BCUT2D eigenvalue weighted by Crippen LogP contribution is -2.34. The van der Waals surface area contributed by atoms with E-state index in [-0.39, 0.29) is 0 Å². The zero-order chi connectivity index (χ0) is 21.6. The van der Waals surface area contributed by atoms with Gasteiger partial charge in [0.15, 0.2) is 5.82 Å². The van der Waals surface area contributed by atoms with Crippen LogP contribution in [-0.4, -0.2) is 25.7 Å². The molecule has 1 aliphatic heterocycles. The van der Waals surface area contributed by atoms with Crippen LogP contribution in [0.2, 0.25) is 0 Å². The molecular formula is C23H22N6O2. The van der Waals surface area contributed by atoms with Crippen LogP contribution >= 0.6 is 0 Å². The number of carbonyl (C=O) groups excluding carboxylic acids is 1. The number of nitrogens with zero attached hydrogens (tertiary/aromatic N) is 6. The molecule has 0 N–H and O–H groups in total. The van der Waals surface area contributed by atoms with Gasteiger partial charge in [-0.25, -0.2) is 9.78 Å². The van der Waals surface area contributed by atoms with Crippen LogP contribution < -0.4 is 4.90 Å². The first-order valence-electron chi connectivity index (χ1n) is 10.2. The van der Waals surface area contributed by atoms with Gasteiger partial charge < -0.3 is 9.64 Å². The minimum absolute atomic E-state index is 0.413. The van der Waals surface area contributed by atoms with E-state index in [9.17, 15) is 10.1 Å². The van der Waals surface area contributed by atoms with Crippen LogP contribution in [0, 0.1) is 11.3 Å². The van der Waals surface area contributed by atoms with Crippen LogP contribution in [0.15, 0.2) is 61.3 Å². The van der Waals surface area contributed by atoms with Crippen molar-refractivity contribution in [3.63, 3.8) is 0 Å². The number of carbonyl (C=O) groups is 1. The average molecular weight is 414 g/mol. The van der Waals surface area contributed by atoms with Crippen molar-refractivity contribution in [1.82, 2.24) is 19.7 Å². The normalized spacial score (nSPS) is 15.5. The molecule has 1 unspecified atom stereocenters. The van der Waals surface area contributed by atoms with Crippen molar-refractivity contribution in [2.45, 2.75) is 38.8 Å². The van der Waals surface area contributed by atoms with Gasteiger partial charge in [-0.15, -0.1) is 10.2 Å². The van der Waals surface area contributed by atoms with Crippen molar-refractivity contribution in [3.8, 4) is 11.9 Å². The standard InChI is InChI=1S/C23H22N6O2/c1-2-3-4-5-6-12-29-20-14-17(15-24)7-8-18(20)23(30)31-22(29)19-9-10-21(27-26-19)28-13-11-25-16-28/h6-14,16,22H,2-5H2,1H3/b12-6-. The number of fused-ring (bicyclic) bond motifs is 1. The summed E-state index contributed by atoms with van der Waals surface area (Å²) in [5.41, 5.74) is 1.99. The molecular weight excluding hydrogens is 392 g/mol. The number of esters is 1. The molecule has 0 saturated carbocycles. The van der Waals surface area contributed by atoms with Crippen LogP contribution in [0.1, 0.15) is 60.5 Å². The zero-order valence-electron chi connectivity index (χ0n) is 17.2. The first-order valence-corrected chi connectivity index (χ1v) is 10.2. The lowest BCUT2D eigenvalue weighted by Gasteiger charge is -2.35. The Hall–Kier alpha value is -3.99. The Kier molecular flexibility index (Phi) is 6.03. The number of ether oxygens (including phenoxy) is 1. The summed E-state index contributed by atoms with van der Waals surface area (Å²) in [4.78, 5) is 18.5. The molecule has 156 valence electrons. The number of aromatic nitrogens is 4. The molecule has 1 atom stereocenters. The zero-order valence-corrected chi connectivity index (χ0v) is 17.2. The lowest BCUT2D eigenvalue weighted by atomic mass is 10.1. The van der Waals surface area contributed by atoms with Gasteiger partial charge in [0.25, 0.3) is 0 Å². The molecule has 31 heavy (non-hydrogen) atoms. The second-order valence-electron chi connectivity index (χ2n) is 7.18. The SMILES string of the molecule is CCCCC/C=C\N1c2cc(C#N)ccc2C(=O)OC1c1ccc(-n2ccnc2)nn1. The van der Waals surface area contributed by atoms with Gasteiger partial charge >= 0.3 is 5.97 Å². The number of imidazole rings is 1. The van der Waals surface area contributed by atoms with Crippen LogP contribution in [0.4, 0.5) is 5.69 Å². The number of rotatable bonds is 7. The fourth-order valence-electron chi connectivity index (χ4n) is 3.40. The summed E-state index contributed by atoms with van der Waals surface area (Å²) in [7, 11) is 0. The van der Waals surface area contributed by atoms with Crippen molar-refractivity contribution < 1.29 is 9.53 Å². The predicted molar refractivity (Wildman–Crippen MR) is 114 cm³/mol. The summed E-state index contributed by atoms with van der Waals surface area (Å²) in [5, 5.41) is 17.9. The molecule has 1 aliphatic rings. The molecule has 0 fully saturated rings. The Bertz CT molecular complexity index is 1120. The van der Waals surface area contributed by atoms with Crippen LogP contribution in [0.25, 0.3) is 5.82 Å². The van der Waals surface area contributed by atoms with Gasteiger partial charge in [0, 0.05) is 18.6 Å². The third-order valence-electron chi connectivity index (χ3n) is 5.03. The molecule has 2 aromatic heterocycles. The number of allylic oxidation sites excluding steroid dienone is 1. The van der Waals surface area contributed by atoms with Crippen molar-refractivity contribution in [1.29, 1.82) is 5.26 Å². The van der Waals surface area contributed by atoms with Gasteiger partial charge in [0.1, 0.15) is 12.0 Å². The number of hydrogen-bond donors (Lipinski definition) is 0. The van der Waals surface area contributed by atoms with E-state index in [2.05, 4.69) is 34.3 Å². The second-order valence-corrected chi connectivity index (χ2v) is 7.18. The molecule has 8 nitrogen and oxygen atoms in total. The molecule has 0 aliphatic carbocycles. The van der Waals surface area contributed by atoms with E-state index in [0.29, 0.717) is 28.3 Å². The van der Waals surface area contributed by atoms with Gasteiger partial charge in [0.2, 0.25) is 6.23 Å². The van der Waals surface area contributed by atoms with Crippen LogP contribution in [0.5, 0.6) is 0 Å².